The van der Waals surface area contributed by atoms with Gasteiger partial charge in [0.05, 0.1) is 5.69 Å². The monoisotopic (exact) mass is 164 g/mol. The van der Waals surface area contributed by atoms with Crippen molar-refractivity contribution in [2.75, 3.05) is 0 Å². The lowest BCUT2D eigenvalue weighted by Gasteiger charge is -2.01. The van der Waals surface area contributed by atoms with Gasteiger partial charge in [0.25, 0.3) is 0 Å². The van der Waals surface area contributed by atoms with Crippen LogP contribution in [-0.2, 0) is 12.8 Å². The number of aromatic hydroxyl groups is 1. The van der Waals surface area contributed by atoms with Gasteiger partial charge in [0.1, 0.15) is 0 Å². The van der Waals surface area contributed by atoms with Crippen LogP contribution in [0.3, 0.4) is 0 Å². The SMILES string of the molecule is Oc1cc2c(nn1)CCCCC2. The Hall–Kier alpha value is -1.12. The molecular formula is C9H12N2O. The highest BCUT2D eigenvalue weighted by molar-refractivity contribution is 5.24. The summed E-state index contributed by atoms with van der Waals surface area (Å²) in [5.41, 5.74) is 2.25. The standard InChI is InChI=1S/C9H12N2O/c12-9-6-7-4-2-1-3-5-8(7)10-11-9/h6H,1-5H2,(H,11,12). The first-order valence-corrected chi connectivity index (χ1v) is 4.41. The van der Waals surface area contributed by atoms with Crippen molar-refractivity contribution in [2.45, 2.75) is 32.1 Å². The zero-order valence-corrected chi connectivity index (χ0v) is 6.95. The number of fused-ring (bicyclic) bond motifs is 1. The molecule has 0 spiro atoms. The summed E-state index contributed by atoms with van der Waals surface area (Å²) in [5, 5.41) is 16.7. The Kier molecular flexibility index (Phi) is 1.94. The highest BCUT2D eigenvalue weighted by Crippen LogP contribution is 2.19. The lowest BCUT2D eigenvalue weighted by molar-refractivity contribution is 0.442. The largest absolute Gasteiger partial charge is 0.492 e. The average Bonchev–Trinajstić information content (AvgIpc) is 2.28. The molecule has 0 saturated carbocycles. The summed E-state index contributed by atoms with van der Waals surface area (Å²) in [4.78, 5) is 0. The predicted molar refractivity (Wildman–Crippen MR) is 45.0 cm³/mol. The zero-order valence-electron chi connectivity index (χ0n) is 6.95. The molecule has 1 heterocycles. The van der Waals surface area contributed by atoms with Crippen LogP contribution in [0.2, 0.25) is 0 Å². The molecular weight excluding hydrogens is 152 g/mol. The van der Waals surface area contributed by atoms with Crippen molar-refractivity contribution in [3.8, 4) is 5.88 Å². The molecule has 1 aliphatic rings. The van der Waals surface area contributed by atoms with Gasteiger partial charge in [-0.2, -0.15) is 5.10 Å². The van der Waals surface area contributed by atoms with E-state index in [2.05, 4.69) is 10.2 Å². The van der Waals surface area contributed by atoms with Crippen molar-refractivity contribution in [3.05, 3.63) is 17.3 Å². The van der Waals surface area contributed by atoms with Gasteiger partial charge in [0, 0.05) is 6.07 Å². The third-order valence-corrected chi connectivity index (χ3v) is 2.31. The van der Waals surface area contributed by atoms with Crippen molar-refractivity contribution in [1.29, 1.82) is 0 Å². The number of aryl methyl sites for hydroxylation is 2. The third kappa shape index (κ3) is 1.40. The average molecular weight is 164 g/mol. The molecule has 0 bridgehead atoms. The number of hydrogen-bond donors (Lipinski definition) is 1. The Morgan fingerprint density at radius 1 is 1.08 bits per heavy atom. The molecule has 64 valence electrons. The molecule has 1 N–H and O–H groups in total. The molecule has 3 nitrogen and oxygen atoms in total. The van der Waals surface area contributed by atoms with E-state index in [0.29, 0.717) is 0 Å². The van der Waals surface area contributed by atoms with E-state index in [0.717, 1.165) is 18.5 Å². The Morgan fingerprint density at radius 3 is 2.83 bits per heavy atom. The van der Waals surface area contributed by atoms with E-state index in [1.807, 2.05) is 0 Å². The molecule has 0 fully saturated rings. The summed E-state index contributed by atoms with van der Waals surface area (Å²) in [5.74, 6) is 0.0515. The van der Waals surface area contributed by atoms with E-state index in [4.69, 9.17) is 5.11 Å². The van der Waals surface area contributed by atoms with Crippen molar-refractivity contribution in [2.24, 2.45) is 0 Å². The Balaban J connectivity index is 2.36. The minimum absolute atomic E-state index is 0.0515. The maximum absolute atomic E-state index is 9.11. The number of hydrogen-bond acceptors (Lipinski definition) is 3. The fraction of sp³-hybridized carbons (Fsp3) is 0.556. The number of rotatable bonds is 0. The minimum Gasteiger partial charge on any atom is -0.492 e. The summed E-state index contributed by atoms with van der Waals surface area (Å²) in [6.45, 7) is 0. The topological polar surface area (TPSA) is 46.0 Å². The summed E-state index contributed by atoms with van der Waals surface area (Å²) in [6, 6.07) is 1.74. The summed E-state index contributed by atoms with van der Waals surface area (Å²) < 4.78 is 0. The van der Waals surface area contributed by atoms with Crippen molar-refractivity contribution in [1.82, 2.24) is 10.2 Å². The molecule has 3 heteroatoms. The molecule has 0 aliphatic heterocycles. The molecule has 0 atom stereocenters. The van der Waals surface area contributed by atoms with Crippen LogP contribution in [0.5, 0.6) is 5.88 Å². The van der Waals surface area contributed by atoms with Crippen LogP contribution >= 0.6 is 0 Å². The molecule has 12 heavy (non-hydrogen) atoms. The fourth-order valence-corrected chi connectivity index (χ4v) is 1.66. The van der Waals surface area contributed by atoms with Gasteiger partial charge in [-0.3, -0.25) is 0 Å². The highest BCUT2D eigenvalue weighted by atomic mass is 16.3. The van der Waals surface area contributed by atoms with Crippen LogP contribution in [0, 0.1) is 0 Å². The maximum atomic E-state index is 9.11. The van der Waals surface area contributed by atoms with Gasteiger partial charge in [-0.25, -0.2) is 0 Å². The quantitative estimate of drug-likeness (QED) is 0.590. The van der Waals surface area contributed by atoms with Crippen LogP contribution in [0.25, 0.3) is 0 Å². The molecule has 1 aromatic heterocycles. The summed E-state index contributed by atoms with van der Waals surface area (Å²) in [6.07, 6.45) is 5.72. The lowest BCUT2D eigenvalue weighted by atomic mass is 10.1. The van der Waals surface area contributed by atoms with E-state index in [1.54, 1.807) is 6.07 Å². The molecule has 0 unspecified atom stereocenters. The van der Waals surface area contributed by atoms with Crippen LogP contribution in [-0.4, -0.2) is 15.3 Å². The summed E-state index contributed by atoms with van der Waals surface area (Å²) >= 11 is 0. The normalized spacial score (nSPS) is 16.7. The molecule has 0 amide bonds. The van der Waals surface area contributed by atoms with Gasteiger partial charge >= 0.3 is 0 Å². The Bertz CT molecular complexity index is 286. The van der Waals surface area contributed by atoms with Gasteiger partial charge in [-0.05, 0) is 31.2 Å². The zero-order chi connectivity index (χ0) is 8.39. The fourth-order valence-electron chi connectivity index (χ4n) is 1.66. The van der Waals surface area contributed by atoms with Crippen LogP contribution in [0.15, 0.2) is 6.07 Å². The first-order chi connectivity index (χ1) is 5.86. The number of aromatic nitrogens is 2. The van der Waals surface area contributed by atoms with Gasteiger partial charge in [0.15, 0.2) is 0 Å². The second-order valence-corrected chi connectivity index (χ2v) is 3.24. The van der Waals surface area contributed by atoms with Gasteiger partial charge in [0.2, 0.25) is 5.88 Å². The molecule has 1 aromatic rings. The second kappa shape index (κ2) is 3.09. The van der Waals surface area contributed by atoms with Crippen LogP contribution < -0.4 is 0 Å². The number of nitrogens with zero attached hydrogens (tertiary/aromatic N) is 2. The van der Waals surface area contributed by atoms with E-state index in [9.17, 15) is 0 Å². The Labute approximate surface area is 71.5 Å². The van der Waals surface area contributed by atoms with E-state index in [1.165, 1.54) is 24.8 Å². The molecule has 0 saturated heterocycles. The van der Waals surface area contributed by atoms with Gasteiger partial charge in [-0.1, -0.05) is 6.42 Å². The van der Waals surface area contributed by atoms with Gasteiger partial charge < -0.3 is 5.11 Å². The Morgan fingerprint density at radius 2 is 1.92 bits per heavy atom. The third-order valence-electron chi connectivity index (χ3n) is 2.31. The van der Waals surface area contributed by atoms with Crippen LogP contribution in [0.4, 0.5) is 0 Å². The maximum Gasteiger partial charge on any atom is 0.231 e. The van der Waals surface area contributed by atoms with Crippen molar-refractivity contribution < 1.29 is 5.11 Å². The van der Waals surface area contributed by atoms with Crippen molar-refractivity contribution >= 4 is 0 Å². The smallest absolute Gasteiger partial charge is 0.231 e. The molecule has 1 aliphatic carbocycles. The first kappa shape index (κ1) is 7.53. The molecule has 0 aromatic carbocycles. The molecule has 0 radical (unpaired) electrons. The van der Waals surface area contributed by atoms with E-state index < -0.39 is 0 Å². The highest BCUT2D eigenvalue weighted by Gasteiger charge is 2.09. The first-order valence-electron chi connectivity index (χ1n) is 4.41. The summed E-state index contributed by atoms with van der Waals surface area (Å²) in [7, 11) is 0. The minimum atomic E-state index is 0.0515. The second-order valence-electron chi connectivity index (χ2n) is 3.24. The lowest BCUT2D eigenvalue weighted by Crippen LogP contribution is -1.97. The van der Waals surface area contributed by atoms with Crippen molar-refractivity contribution in [3.63, 3.8) is 0 Å². The van der Waals surface area contributed by atoms with Gasteiger partial charge in [-0.15, -0.1) is 5.10 Å². The van der Waals surface area contributed by atoms with E-state index >= 15 is 0 Å². The molecule has 2 rings (SSSR count). The predicted octanol–water partition coefficient (Wildman–Crippen LogP) is 1.45. The van der Waals surface area contributed by atoms with E-state index in [-0.39, 0.29) is 5.88 Å². The van der Waals surface area contributed by atoms with Crippen LogP contribution in [0.1, 0.15) is 30.5 Å².